The second-order valence-corrected chi connectivity index (χ2v) is 13.9. The van der Waals surface area contributed by atoms with Crippen LogP contribution in [0.3, 0.4) is 0 Å². The van der Waals surface area contributed by atoms with Gasteiger partial charge in [-0.15, -0.1) is 0 Å². The summed E-state index contributed by atoms with van der Waals surface area (Å²) in [5, 5.41) is 8.61. The van der Waals surface area contributed by atoms with Gasteiger partial charge in [0.15, 0.2) is 0 Å². The molecule has 0 atom stereocenters. The number of hydrogen-bond donors (Lipinski definition) is 0. The van der Waals surface area contributed by atoms with E-state index in [-0.39, 0.29) is 17.1 Å². The van der Waals surface area contributed by atoms with Crippen molar-refractivity contribution in [1.29, 1.82) is 0 Å². The van der Waals surface area contributed by atoms with Crippen molar-refractivity contribution in [1.82, 2.24) is 0 Å². The molecule has 0 N–H and O–H groups in total. The molecule has 0 aliphatic carbocycles. The van der Waals surface area contributed by atoms with E-state index in [0.29, 0.717) is 0 Å². The van der Waals surface area contributed by atoms with Crippen LogP contribution in [0.1, 0.15) is 0 Å². The minimum atomic E-state index is -0.877. The summed E-state index contributed by atoms with van der Waals surface area (Å²) >= 11 is 0. The molecule has 6 aromatic rings. The van der Waals surface area contributed by atoms with E-state index < -0.39 is 15.8 Å². The molecule has 45 heavy (non-hydrogen) atoms. The largest absolute Gasteiger partial charge is 3.00 e. The van der Waals surface area contributed by atoms with Crippen LogP contribution in [0.15, 0.2) is 182 Å². The summed E-state index contributed by atoms with van der Waals surface area (Å²) in [6.45, 7) is 9.75. The summed E-state index contributed by atoms with van der Waals surface area (Å²) in [4.78, 5) is 23.2. The quantitative estimate of drug-likeness (QED) is 0.102. The van der Waals surface area contributed by atoms with E-state index in [1.165, 1.54) is 31.8 Å². The van der Waals surface area contributed by atoms with Crippen molar-refractivity contribution in [2.45, 2.75) is 0 Å². The van der Waals surface area contributed by atoms with Gasteiger partial charge in [0.25, 0.3) is 0 Å². The number of carbonyl (C=O) groups excluding carboxylic acids is 3. The van der Waals surface area contributed by atoms with Gasteiger partial charge in [0.05, 0.1) is 15.8 Å². The van der Waals surface area contributed by atoms with Crippen LogP contribution in [0.25, 0.3) is 0 Å². The van der Waals surface area contributed by atoms with Crippen LogP contribution in [0, 0.1) is 0 Å². The van der Waals surface area contributed by atoms with Gasteiger partial charge >= 0.3 is 17.1 Å². The van der Waals surface area contributed by atoms with Crippen LogP contribution in [0.4, 0.5) is 0 Å². The Labute approximate surface area is 280 Å². The van der Waals surface area contributed by atoms with Crippen molar-refractivity contribution in [3.8, 4) is 0 Å². The Morgan fingerprint density at radius 2 is 0.356 bits per heavy atom. The Morgan fingerprint density at radius 3 is 0.467 bits per heavy atom. The third-order valence-corrected chi connectivity index (χ3v) is 11.8. The van der Waals surface area contributed by atoms with Gasteiger partial charge in [0.1, 0.15) is 31.8 Å². The molecule has 0 spiro atoms. The molecule has 1 radical (unpaired) electrons. The minimum Gasteiger partial charge on any atom is -0.545 e. The maximum absolute atomic E-state index is 7.75. The molecule has 0 aliphatic heterocycles. The maximum Gasteiger partial charge on any atom is 3.00 e. The molecule has 0 unspecified atom stereocenters. The van der Waals surface area contributed by atoms with Gasteiger partial charge in [0.2, 0.25) is 0 Å². The topological polar surface area (TPSA) is 51.2 Å². The summed E-state index contributed by atoms with van der Waals surface area (Å²) in [5.74, 6) is 0. The monoisotopic (exact) mass is 669 g/mol. The normalized spacial score (nSPS) is 9.20. The Hall–Kier alpha value is -4.29. The zero-order chi connectivity index (χ0) is 31.8. The fourth-order valence-corrected chi connectivity index (χ4v) is 9.78. The number of rotatable bonds is 6. The zero-order valence-electron chi connectivity index (χ0n) is 24.6. The Bertz CT molecular complexity index is 1230. The molecule has 0 aromatic heterocycles. The molecular weight excluding hydrogens is 634 g/mol. The predicted molar refractivity (Wildman–Crippen MR) is 193 cm³/mol. The molecule has 0 bridgehead atoms. The van der Waals surface area contributed by atoms with Gasteiger partial charge in [-0.2, -0.15) is 0 Å². The SMILES string of the molecule is [CH-]=O.[CH-]=O.[CH-]=O.[Fe+3].c1ccc([PH+](c2ccccc2)c2ccccc2)cc1.c1ccc([PH+](c2ccccc2)c2ccccc2)cc1. The summed E-state index contributed by atoms with van der Waals surface area (Å²) in [6, 6.07) is 65.0. The summed E-state index contributed by atoms with van der Waals surface area (Å²) in [5.41, 5.74) is 0. The summed E-state index contributed by atoms with van der Waals surface area (Å²) in [6.07, 6.45) is 0. The first-order valence-electron chi connectivity index (χ1n) is 13.7. The molecular formula is C39H35FeO3P2+2. The smallest absolute Gasteiger partial charge is 0.545 e. The standard InChI is InChI=1S/2C18H15P.3CHO.Fe/c2*1-4-10-16(11-5-1)19(17-12-6-2-7-13-17)18-14-8-3-9-15-18;3*1-2;/h2*1-15H;3*1H;/q;;3*-1;+3/p+2. The molecule has 6 rings (SSSR count). The van der Waals surface area contributed by atoms with Gasteiger partial charge in [-0.1, -0.05) is 109 Å². The molecule has 6 aromatic carbocycles. The van der Waals surface area contributed by atoms with E-state index >= 15 is 0 Å². The maximum atomic E-state index is 7.75. The molecule has 0 fully saturated rings. The molecule has 3 nitrogen and oxygen atoms in total. The van der Waals surface area contributed by atoms with Crippen LogP contribution in [-0.2, 0) is 31.5 Å². The van der Waals surface area contributed by atoms with Crippen LogP contribution >= 0.6 is 15.8 Å². The summed E-state index contributed by atoms with van der Waals surface area (Å²) < 4.78 is 0. The molecule has 0 aliphatic rings. The third kappa shape index (κ3) is 12.3. The second-order valence-electron chi connectivity index (χ2n) is 8.95. The Kier molecular flexibility index (Phi) is 20.7. The van der Waals surface area contributed by atoms with E-state index in [0.717, 1.165) is 0 Å². The number of benzene rings is 6. The first-order chi connectivity index (χ1) is 21.9. The second kappa shape index (κ2) is 24.1. The van der Waals surface area contributed by atoms with Crippen molar-refractivity contribution in [3.63, 3.8) is 0 Å². The molecule has 0 saturated heterocycles. The molecule has 0 heterocycles. The van der Waals surface area contributed by atoms with E-state index in [1.54, 1.807) is 0 Å². The Morgan fingerprint density at radius 1 is 0.244 bits per heavy atom. The molecule has 6 heteroatoms. The van der Waals surface area contributed by atoms with Gasteiger partial charge < -0.3 is 14.4 Å². The predicted octanol–water partition coefficient (Wildman–Crippen LogP) is 5.53. The molecule has 225 valence electrons. The van der Waals surface area contributed by atoms with Crippen molar-refractivity contribution >= 4 is 68.0 Å². The fourth-order valence-electron chi connectivity index (χ4n) is 4.63. The number of hydrogen-bond acceptors (Lipinski definition) is 3. The Balaban J connectivity index is 0.000000379. The van der Waals surface area contributed by atoms with E-state index in [1.807, 2.05) is 0 Å². The van der Waals surface area contributed by atoms with Crippen molar-refractivity contribution in [2.75, 3.05) is 0 Å². The average molecular weight is 669 g/mol. The average Bonchev–Trinajstić information content (AvgIpc) is 3.14. The fraction of sp³-hybridized carbons (Fsp3) is 0. The first kappa shape index (κ1) is 38.7. The van der Waals surface area contributed by atoms with E-state index in [9.17, 15) is 0 Å². The minimum absolute atomic E-state index is 0. The molecule has 0 amide bonds. The zero-order valence-corrected chi connectivity index (χ0v) is 27.7. The van der Waals surface area contributed by atoms with Gasteiger partial charge in [-0.3, -0.25) is 20.4 Å². The van der Waals surface area contributed by atoms with Crippen LogP contribution < -0.4 is 31.8 Å². The first-order valence-corrected chi connectivity index (χ1v) is 16.7. The van der Waals surface area contributed by atoms with Gasteiger partial charge in [-0.05, 0) is 72.8 Å². The van der Waals surface area contributed by atoms with Gasteiger partial charge in [0, 0.05) is 0 Å². The van der Waals surface area contributed by atoms with Crippen LogP contribution in [0.2, 0.25) is 0 Å². The molecule has 0 saturated carbocycles. The van der Waals surface area contributed by atoms with Crippen LogP contribution in [0.5, 0.6) is 0 Å². The van der Waals surface area contributed by atoms with Crippen LogP contribution in [-0.4, -0.2) is 20.4 Å². The summed E-state index contributed by atoms with van der Waals surface area (Å²) in [7, 11) is -1.75. The van der Waals surface area contributed by atoms with E-state index in [4.69, 9.17) is 14.4 Å². The van der Waals surface area contributed by atoms with Gasteiger partial charge in [-0.25, -0.2) is 0 Å². The third-order valence-electron chi connectivity index (χ3n) is 6.37. The van der Waals surface area contributed by atoms with Crippen molar-refractivity contribution < 1.29 is 31.5 Å². The van der Waals surface area contributed by atoms with E-state index in [2.05, 4.69) is 202 Å². The van der Waals surface area contributed by atoms with Crippen molar-refractivity contribution in [3.05, 3.63) is 182 Å². The van der Waals surface area contributed by atoms with Crippen molar-refractivity contribution in [2.24, 2.45) is 0 Å².